The standard InChI is InChI=1S/C35H33NP2.C8H12.BF4.Rh/c1-6-16-29(17-7-1)26-36-27-34(37(30-18-8-2-9-19-30)31-20-10-3-11-21-31)35(28-36)38(32-22-12-4-13-23-32)33-24-14-5-15-25-33;1-2-4-6-8-7-5-3-1;2-1(3,4)5;/h1-25,34-35H,26-28H2;1-2,7-8H,3-6H2;;/q;;-1;/b;2-1-,8-7-;;. The van der Waals surface area contributed by atoms with Gasteiger partial charge in [-0.1, -0.05) is 176 Å². The molecule has 0 saturated carbocycles. The van der Waals surface area contributed by atoms with Crippen LogP contribution in [0, 0.1) is 0 Å². The minimum atomic E-state index is -6.00. The van der Waals surface area contributed by atoms with Crippen LogP contribution in [-0.4, -0.2) is 36.6 Å². The van der Waals surface area contributed by atoms with Gasteiger partial charge in [0, 0.05) is 50.4 Å². The molecular weight excluding hydrogens is 782 g/mol. The second-order valence-electron chi connectivity index (χ2n) is 12.5. The van der Waals surface area contributed by atoms with E-state index in [1.54, 1.807) is 0 Å². The van der Waals surface area contributed by atoms with E-state index in [1.807, 2.05) is 0 Å². The third kappa shape index (κ3) is 13.7. The molecule has 5 aromatic carbocycles. The Morgan fingerprint density at radius 3 is 0.962 bits per heavy atom. The molecule has 1 heterocycles. The van der Waals surface area contributed by atoms with E-state index in [1.165, 1.54) is 52.5 Å². The van der Waals surface area contributed by atoms with Crippen LogP contribution < -0.4 is 21.2 Å². The molecule has 273 valence electrons. The first-order valence-electron chi connectivity index (χ1n) is 17.6. The summed E-state index contributed by atoms with van der Waals surface area (Å²) >= 11 is 0. The molecule has 52 heavy (non-hydrogen) atoms. The van der Waals surface area contributed by atoms with E-state index in [4.69, 9.17) is 0 Å². The molecule has 0 N–H and O–H groups in total. The first-order chi connectivity index (χ1) is 24.9. The monoisotopic (exact) mass is 827 g/mol. The zero-order valence-corrected chi connectivity index (χ0v) is 32.5. The van der Waals surface area contributed by atoms with Crippen LogP contribution in [-0.2, 0) is 26.0 Å². The number of rotatable bonds is 8. The summed E-state index contributed by atoms with van der Waals surface area (Å²) in [5.74, 6) is 0. The molecule has 2 atom stereocenters. The average molecular weight is 827 g/mol. The molecule has 0 amide bonds. The predicted molar refractivity (Wildman–Crippen MR) is 214 cm³/mol. The van der Waals surface area contributed by atoms with Crippen molar-refractivity contribution in [2.45, 2.75) is 43.5 Å². The molecule has 0 aromatic heterocycles. The second kappa shape index (κ2) is 22.1. The van der Waals surface area contributed by atoms with Crippen LogP contribution in [0.3, 0.4) is 0 Å². The van der Waals surface area contributed by atoms with Crippen molar-refractivity contribution in [3.63, 3.8) is 0 Å². The normalized spacial score (nSPS) is 18.4. The fourth-order valence-corrected chi connectivity index (χ4v) is 13.2. The van der Waals surface area contributed by atoms with Crippen LogP contribution in [0.5, 0.6) is 0 Å². The first kappa shape index (κ1) is 41.6. The number of nitrogens with zero attached hydrogens (tertiary/aromatic N) is 1. The Bertz CT molecular complexity index is 1550. The van der Waals surface area contributed by atoms with Crippen LogP contribution in [0.1, 0.15) is 31.2 Å². The van der Waals surface area contributed by atoms with Crippen molar-refractivity contribution in [2.75, 3.05) is 13.1 Å². The van der Waals surface area contributed by atoms with Gasteiger partial charge in [-0.2, -0.15) is 0 Å². The topological polar surface area (TPSA) is 3.24 Å². The van der Waals surface area contributed by atoms with Crippen molar-refractivity contribution in [1.82, 2.24) is 4.90 Å². The summed E-state index contributed by atoms with van der Waals surface area (Å²) < 4.78 is 39.0. The Balaban J connectivity index is 0.000000367. The fraction of sp³-hybridized carbons (Fsp3) is 0.209. The molecule has 1 radical (unpaired) electrons. The van der Waals surface area contributed by atoms with Gasteiger partial charge in [-0.3, -0.25) is 4.90 Å². The number of halogens is 4. The molecule has 0 bridgehead atoms. The summed E-state index contributed by atoms with van der Waals surface area (Å²) in [6.07, 6.45) is 14.0. The van der Waals surface area contributed by atoms with Gasteiger partial charge >= 0.3 is 7.25 Å². The van der Waals surface area contributed by atoms with Gasteiger partial charge in [0.2, 0.25) is 0 Å². The fourth-order valence-electron chi connectivity index (χ4n) is 6.60. The third-order valence-electron chi connectivity index (χ3n) is 8.72. The number of hydrogen-bond acceptors (Lipinski definition) is 1. The van der Waals surface area contributed by atoms with E-state index in [-0.39, 0.29) is 19.5 Å². The van der Waals surface area contributed by atoms with E-state index in [0.29, 0.717) is 11.3 Å². The van der Waals surface area contributed by atoms with E-state index in [0.717, 1.165) is 19.6 Å². The van der Waals surface area contributed by atoms with Crippen molar-refractivity contribution in [1.29, 1.82) is 0 Å². The van der Waals surface area contributed by atoms with Crippen molar-refractivity contribution in [3.8, 4) is 0 Å². The van der Waals surface area contributed by atoms with E-state index < -0.39 is 23.1 Å². The number of likely N-dealkylation sites (tertiary alicyclic amines) is 1. The Hall–Kier alpha value is -3.19. The van der Waals surface area contributed by atoms with Crippen LogP contribution in [0.2, 0.25) is 0 Å². The quantitative estimate of drug-likeness (QED) is 0.0652. The Labute approximate surface area is 322 Å². The van der Waals surface area contributed by atoms with Gasteiger partial charge < -0.3 is 17.3 Å². The Morgan fingerprint density at radius 2 is 0.692 bits per heavy atom. The molecule has 1 saturated heterocycles. The van der Waals surface area contributed by atoms with Crippen molar-refractivity contribution >= 4 is 44.3 Å². The number of hydrogen-bond donors (Lipinski definition) is 0. The molecular formula is C43H45BF4NP2Rh-. The summed E-state index contributed by atoms with van der Waals surface area (Å²) in [6.45, 7) is 3.24. The molecule has 7 rings (SSSR count). The van der Waals surface area contributed by atoms with Crippen LogP contribution in [0.25, 0.3) is 0 Å². The van der Waals surface area contributed by atoms with Gasteiger partial charge in [-0.15, -0.1) is 0 Å². The van der Waals surface area contributed by atoms with Gasteiger partial charge in [0.05, 0.1) is 0 Å². The molecule has 2 unspecified atom stereocenters. The van der Waals surface area contributed by atoms with Gasteiger partial charge in [0.15, 0.2) is 0 Å². The van der Waals surface area contributed by atoms with Gasteiger partial charge in [-0.25, -0.2) is 0 Å². The van der Waals surface area contributed by atoms with Crippen LogP contribution in [0.15, 0.2) is 176 Å². The van der Waals surface area contributed by atoms with Crippen molar-refractivity contribution in [2.24, 2.45) is 0 Å². The summed E-state index contributed by atoms with van der Waals surface area (Å²) in [5.41, 5.74) is 2.52. The van der Waals surface area contributed by atoms with Crippen LogP contribution in [0.4, 0.5) is 17.3 Å². The number of allylic oxidation sites excluding steroid dienone is 4. The molecule has 1 aliphatic carbocycles. The van der Waals surface area contributed by atoms with E-state index in [2.05, 4.69) is 181 Å². The second-order valence-corrected chi connectivity index (χ2v) is 17.4. The Kier molecular flexibility index (Phi) is 17.7. The molecule has 1 nitrogen and oxygen atoms in total. The molecule has 1 fully saturated rings. The maximum absolute atomic E-state index is 9.75. The molecule has 9 heteroatoms. The summed E-state index contributed by atoms with van der Waals surface area (Å²) in [7, 11) is -7.06. The van der Waals surface area contributed by atoms with E-state index >= 15 is 0 Å². The van der Waals surface area contributed by atoms with Gasteiger partial charge in [-0.05, 0) is 68.3 Å². The van der Waals surface area contributed by atoms with Crippen molar-refractivity contribution in [3.05, 3.63) is 182 Å². The minimum absolute atomic E-state index is 0. The smallest absolute Gasteiger partial charge is 0.418 e. The first-order valence-corrected chi connectivity index (χ1v) is 20.4. The molecule has 1 aliphatic heterocycles. The largest absolute Gasteiger partial charge is 0.673 e. The molecule has 2 aliphatic rings. The zero-order valence-electron chi connectivity index (χ0n) is 29.1. The average Bonchev–Trinajstić information content (AvgIpc) is 3.52. The number of benzene rings is 5. The van der Waals surface area contributed by atoms with Gasteiger partial charge in [0.25, 0.3) is 0 Å². The van der Waals surface area contributed by atoms with Gasteiger partial charge in [0.1, 0.15) is 0 Å². The summed E-state index contributed by atoms with van der Waals surface area (Å²) in [6, 6.07) is 56.3. The van der Waals surface area contributed by atoms with Crippen molar-refractivity contribution < 1.29 is 36.7 Å². The molecule has 5 aromatic rings. The third-order valence-corrected chi connectivity index (χ3v) is 14.7. The maximum Gasteiger partial charge on any atom is 0.673 e. The summed E-state index contributed by atoms with van der Waals surface area (Å²) in [4.78, 5) is 2.73. The van der Waals surface area contributed by atoms with E-state index in [9.17, 15) is 17.3 Å². The van der Waals surface area contributed by atoms with Crippen LogP contribution >= 0.6 is 15.8 Å². The molecule has 0 spiro atoms. The minimum Gasteiger partial charge on any atom is -0.418 e. The summed E-state index contributed by atoms with van der Waals surface area (Å²) in [5, 5.41) is 5.95. The predicted octanol–water partition coefficient (Wildman–Crippen LogP) is 10.5. The zero-order chi connectivity index (χ0) is 35.7. The SMILES string of the molecule is C1=C\CC/C=C\CC/1.F[B-](F)(F)F.[Rh].c1ccc(CN2CC(P(c3ccccc3)c3ccccc3)C(P(c3ccccc3)c3ccccc3)C2)cc1. The maximum atomic E-state index is 9.75. The Morgan fingerprint density at radius 1 is 0.442 bits per heavy atom.